The molecule has 1 unspecified atom stereocenters. The van der Waals surface area contributed by atoms with Crippen LogP contribution in [0.3, 0.4) is 0 Å². The van der Waals surface area contributed by atoms with E-state index in [9.17, 15) is 8.42 Å². The molecule has 9 heteroatoms. The van der Waals surface area contributed by atoms with Gasteiger partial charge in [0, 0.05) is 43.8 Å². The van der Waals surface area contributed by atoms with E-state index in [1.807, 2.05) is 0 Å². The van der Waals surface area contributed by atoms with E-state index in [4.69, 9.17) is 4.74 Å². The highest BCUT2D eigenvalue weighted by molar-refractivity contribution is 7.88. The van der Waals surface area contributed by atoms with Gasteiger partial charge in [0.05, 0.1) is 25.0 Å². The van der Waals surface area contributed by atoms with Crippen LogP contribution < -0.4 is 14.5 Å². The zero-order valence-corrected chi connectivity index (χ0v) is 17.0. The maximum atomic E-state index is 11.4. The van der Waals surface area contributed by atoms with Crippen LogP contribution in [-0.4, -0.2) is 70.6 Å². The highest BCUT2D eigenvalue weighted by Gasteiger charge is 2.23. The van der Waals surface area contributed by atoms with Gasteiger partial charge in [0.15, 0.2) is 0 Å². The molecular weight excluding hydrogens is 378 g/mol. The Morgan fingerprint density at radius 3 is 2.79 bits per heavy atom. The smallest absolute Gasteiger partial charge is 0.208 e. The molecule has 2 fully saturated rings. The normalized spacial score (nSPS) is 21.2. The standard InChI is InChI=1S/C19H27N5O3S/c1-28(25,26)22-12-15-3-2-6-24(13-15)19-17-5-4-16(11-18(17)20-14-21-19)23-7-9-27-10-8-23/h4-5,11,14-15,22H,2-3,6-10,12-13H2,1H3. The molecule has 0 amide bonds. The summed E-state index contributed by atoms with van der Waals surface area (Å²) in [6, 6.07) is 6.36. The van der Waals surface area contributed by atoms with Crippen molar-refractivity contribution < 1.29 is 13.2 Å². The lowest BCUT2D eigenvalue weighted by molar-refractivity contribution is 0.122. The number of benzene rings is 1. The molecule has 4 rings (SSSR count). The summed E-state index contributed by atoms with van der Waals surface area (Å²) in [7, 11) is -3.16. The highest BCUT2D eigenvalue weighted by atomic mass is 32.2. The second kappa shape index (κ2) is 8.18. The number of hydrogen-bond acceptors (Lipinski definition) is 7. The molecule has 1 N–H and O–H groups in total. The largest absolute Gasteiger partial charge is 0.378 e. The minimum atomic E-state index is -3.16. The summed E-state index contributed by atoms with van der Waals surface area (Å²) < 4.78 is 30.9. The zero-order chi connectivity index (χ0) is 19.6. The SMILES string of the molecule is CS(=O)(=O)NCC1CCCN(c2ncnc3cc(N4CCOCC4)ccc23)C1. The molecule has 0 bridgehead atoms. The molecule has 1 atom stereocenters. The number of nitrogens with one attached hydrogen (secondary N) is 1. The number of sulfonamides is 1. The van der Waals surface area contributed by atoms with Crippen LogP contribution in [0.2, 0.25) is 0 Å². The van der Waals surface area contributed by atoms with E-state index in [-0.39, 0.29) is 5.92 Å². The fourth-order valence-corrected chi connectivity index (χ4v) is 4.53. The lowest BCUT2D eigenvalue weighted by Crippen LogP contribution is -2.41. The minimum absolute atomic E-state index is 0.279. The number of fused-ring (bicyclic) bond motifs is 1. The van der Waals surface area contributed by atoms with Gasteiger partial charge in [-0.3, -0.25) is 0 Å². The highest BCUT2D eigenvalue weighted by Crippen LogP contribution is 2.30. The van der Waals surface area contributed by atoms with Crippen molar-refractivity contribution in [3.05, 3.63) is 24.5 Å². The molecule has 2 aliphatic heterocycles. The van der Waals surface area contributed by atoms with Crippen LogP contribution in [-0.2, 0) is 14.8 Å². The number of anilines is 2. The number of rotatable bonds is 5. The summed E-state index contributed by atoms with van der Waals surface area (Å²) in [5.41, 5.74) is 2.10. The first-order valence-electron chi connectivity index (χ1n) is 9.77. The van der Waals surface area contributed by atoms with Crippen molar-refractivity contribution >= 4 is 32.4 Å². The van der Waals surface area contributed by atoms with Crippen molar-refractivity contribution in [2.24, 2.45) is 5.92 Å². The molecule has 8 nitrogen and oxygen atoms in total. The first-order chi connectivity index (χ1) is 13.5. The van der Waals surface area contributed by atoms with Crippen molar-refractivity contribution in [1.82, 2.24) is 14.7 Å². The molecule has 2 saturated heterocycles. The van der Waals surface area contributed by atoms with Crippen molar-refractivity contribution in [3.8, 4) is 0 Å². The number of piperidine rings is 1. The molecule has 1 aromatic heterocycles. The molecule has 2 aliphatic rings. The fraction of sp³-hybridized carbons (Fsp3) is 0.579. The van der Waals surface area contributed by atoms with Gasteiger partial charge in [-0.15, -0.1) is 0 Å². The van der Waals surface area contributed by atoms with Crippen LogP contribution >= 0.6 is 0 Å². The van der Waals surface area contributed by atoms with Crippen LogP contribution in [0, 0.1) is 5.92 Å². The Morgan fingerprint density at radius 2 is 2.00 bits per heavy atom. The second-order valence-electron chi connectivity index (χ2n) is 7.57. The average molecular weight is 406 g/mol. The van der Waals surface area contributed by atoms with Crippen molar-refractivity contribution in [2.45, 2.75) is 12.8 Å². The lowest BCUT2D eigenvalue weighted by atomic mass is 9.98. The van der Waals surface area contributed by atoms with Gasteiger partial charge in [-0.05, 0) is 37.0 Å². The Balaban J connectivity index is 1.54. The Hall–Kier alpha value is -1.97. The molecule has 0 aliphatic carbocycles. The molecule has 2 aromatic rings. The second-order valence-corrected chi connectivity index (χ2v) is 9.41. The number of morpholine rings is 1. The first-order valence-corrected chi connectivity index (χ1v) is 11.7. The first kappa shape index (κ1) is 19.4. The average Bonchev–Trinajstić information content (AvgIpc) is 2.72. The predicted octanol–water partition coefficient (Wildman–Crippen LogP) is 1.23. The van der Waals surface area contributed by atoms with E-state index in [2.05, 4.69) is 42.7 Å². The third-order valence-electron chi connectivity index (χ3n) is 5.43. The summed E-state index contributed by atoms with van der Waals surface area (Å²) in [5, 5.41) is 1.04. The topological polar surface area (TPSA) is 87.7 Å². The third kappa shape index (κ3) is 4.53. The zero-order valence-electron chi connectivity index (χ0n) is 16.2. The van der Waals surface area contributed by atoms with Gasteiger partial charge in [-0.2, -0.15) is 0 Å². The van der Waals surface area contributed by atoms with Crippen LogP contribution in [0.4, 0.5) is 11.5 Å². The van der Waals surface area contributed by atoms with Gasteiger partial charge in [0.25, 0.3) is 0 Å². The van der Waals surface area contributed by atoms with E-state index in [1.165, 1.54) is 6.26 Å². The van der Waals surface area contributed by atoms with E-state index in [0.29, 0.717) is 6.54 Å². The van der Waals surface area contributed by atoms with Gasteiger partial charge >= 0.3 is 0 Å². The van der Waals surface area contributed by atoms with E-state index < -0.39 is 10.0 Å². The molecule has 0 spiro atoms. The number of hydrogen-bond donors (Lipinski definition) is 1. The van der Waals surface area contributed by atoms with Crippen LogP contribution in [0.5, 0.6) is 0 Å². The molecule has 1 aromatic carbocycles. The summed E-state index contributed by atoms with van der Waals surface area (Å²) >= 11 is 0. The van der Waals surface area contributed by atoms with Crippen molar-refractivity contribution in [2.75, 3.05) is 62.0 Å². The van der Waals surface area contributed by atoms with Gasteiger partial charge in [0.2, 0.25) is 10.0 Å². The molecular formula is C19H27N5O3S. The van der Waals surface area contributed by atoms with Crippen molar-refractivity contribution in [1.29, 1.82) is 0 Å². The number of aromatic nitrogens is 2. The van der Waals surface area contributed by atoms with Crippen LogP contribution in [0.1, 0.15) is 12.8 Å². The van der Waals surface area contributed by atoms with Crippen LogP contribution in [0.15, 0.2) is 24.5 Å². The van der Waals surface area contributed by atoms with Gasteiger partial charge < -0.3 is 14.5 Å². The summed E-state index contributed by atoms with van der Waals surface area (Å²) in [6.07, 6.45) is 4.87. The maximum Gasteiger partial charge on any atom is 0.208 e. The van der Waals surface area contributed by atoms with Crippen LogP contribution in [0.25, 0.3) is 10.9 Å². The Kier molecular flexibility index (Phi) is 5.65. The van der Waals surface area contributed by atoms with Gasteiger partial charge in [0.1, 0.15) is 12.1 Å². The predicted molar refractivity (Wildman–Crippen MR) is 110 cm³/mol. The number of ether oxygens (including phenoxy) is 1. The molecule has 152 valence electrons. The van der Waals surface area contributed by atoms with Crippen molar-refractivity contribution in [3.63, 3.8) is 0 Å². The fourth-order valence-electron chi connectivity index (χ4n) is 3.99. The minimum Gasteiger partial charge on any atom is -0.378 e. The third-order valence-corrected chi connectivity index (χ3v) is 6.12. The molecule has 28 heavy (non-hydrogen) atoms. The quantitative estimate of drug-likeness (QED) is 0.800. The molecule has 0 saturated carbocycles. The Labute approximate surface area is 165 Å². The lowest BCUT2D eigenvalue weighted by Gasteiger charge is -2.34. The summed E-state index contributed by atoms with van der Waals surface area (Å²) in [4.78, 5) is 13.6. The summed E-state index contributed by atoms with van der Waals surface area (Å²) in [5.74, 6) is 1.21. The Bertz CT molecular complexity index is 930. The molecule has 0 radical (unpaired) electrons. The maximum absolute atomic E-state index is 11.4. The number of nitrogens with zero attached hydrogens (tertiary/aromatic N) is 4. The van der Waals surface area contributed by atoms with Gasteiger partial charge in [-0.1, -0.05) is 0 Å². The van der Waals surface area contributed by atoms with E-state index in [1.54, 1.807) is 6.33 Å². The summed E-state index contributed by atoms with van der Waals surface area (Å²) in [6.45, 7) is 5.48. The Morgan fingerprint density at radius 1 is 1.18 bits per heavy atom. The monoisotopic (exact) mass is 405 g/mol. The van der Waals surface area contributed by atoms with E-state index >= 15 is 0 Å². The van der Waals surface area contributed by atoms with Gasteiger partial charge in [-0.25, -0.2) is 23.1 Å². The van der Waals surface area contributed by atoms with E-state index in [0.717, 1.165) is 74.6 Å². The molecule has 3 heterocycles.